The second-order valence-corrected chi connectivity index (χ2v) is 6.70. The molecular weight excluding hydrogens is 321 g/mol. The molecule has 1 aliphatic rings. The van der Waals surface area contributed by atoms with E-state index in [0.717, 1.165) is 11.3 Å². The van der Waals surface area contributed by atoms with Gasteiger partial charge in [0.25, 0.3) is 5.56 Å². The molecule has 0 spiro atoms. The van der Waals surface area contributed by atoms with Gasteiger partial charge < -0.3 is 10.3 Å². The molecule has 24 heavy (non-hydrogen) atoms. The van der Waals surface area contributed by atoms with Crippen LogP contribution in [-0.4, -0.2) is 17.1 Å². The van der Waals surface area contributed by atoms with Gasteiger partial charge in [-0.05, 0) is 50.7 Å². The maximum atomic E-state index is 12.8. The quantitative estimate of drug-likeness (QED) is 0.880. The molecule has 1 aromatic rings. The van der Waals surface area contributed by atoms with E-state index in [-0.39, 0.29) is 43.2 Å². The largest absolute Gasteiger partial charge is 0.391 e. The Bertz CT molecular complexity index is 652. The summed E-state index contributed by atoms with van der Waals surface area (Å²) in [4.78, 5) is 26.6. The van der Waals surface area contributed by atoms with Crippen LogP contribution in [0.5, 0.6) is 0 Å². The third-order valence-corrected chi connectivity index (χ3v) is 4.68. The van der Waals surface area contributed by atoms with Gasteiger partial charge in [-0.2, -0.15) is 13.2 Å². The van der Waals surface area contributed by atoms with Crippen LogP contribution in [0.3, 0.4) is 0 Å². The van der Waals surface area contributed by atoms with Crippen molar-refractivity contribution >= 4 is 5.91 Å². The molecule has 0 unspecified atom stereocenters. The predicted molar refractivity (Wildman–Crippen MR) is 84.5 cm³/mol. The van der Waals surface area contributed by atoms with Gasteiger partial charge in [-0.1, -0.05) is 6.42 Å². The number of alkyl halides is 3. The molecule has 0 saturated heterocycles. The van der Waals surface area contributed by atoms with Crippen LogP contribution in [0, 0.1) is 25.7 Å². The summed E-state index contributed by atoms with van der Waals surface area (Å²) in [6.45, 7) is 3.66. The van der Waals surface area contributed by atoms with Crippen molar-refractivity contribution in [3.63, 3.8) is 0 Å². The zero-order valence-electron chi connectivity index (χ0n) is 13.9. The fourth-order valence-corrected chi connectivity index (χ4v) is 3.40. The molecule has 0 aliphatic heterocycles. The van der Waals surface area contributed by atoms with Gasteiger partial charge in [0.15, 0.2) is 0 Å². The van der Waals surface area contributed by atoms with Crippen LogP contribution < -0.4 is 10.9 Å². The third kappa shape index (κ3) is 4.85. The summed E-state index contributed by atoms with van der Waals surface area (Å²) >= 11 is 0. The van der Waals surface area contributed by atoms with E-state index in [1.54, 1.807) is 13.8 Å². The fourth-order valence-electron chi connectivity index (χ4n) is 3.40. The minimum atomic E-state index is -4.18. The first kappa shape index (κ1) is 18.5. The van der Waals surface area contributed by atoms with Gasteiger partial charge in [-0.3, -0.25) is 9.59 Å². The molecule has 0 bridgehead atoms. The molecular formula is C17H23F3N2O2. The zero-order chi connectivity index (χ0) is 17.9. The lowest BCUT2D eigenvalue weighted by atomic mass is 9.79. The number of rotatable bonds is 4. The highest BCUT2D eigenvalue weighted by molar-refractivity contribution is 5.76. The van der Waals surface area contributed by atoms with Gasteiger partial charge >= 0.3 is 6.18 Å². The van der Waals surface area contributed by atoms with Crippen molar-refractivity contribution in [1.82, 2.24) is 10.3 Å². The summed E-state index contributed by atoms with van der Waals surface area (Å²) in [7, 11) is 0. The molecule has 1 saturated carbocycles. The Morgan fingerprint density at radius 2 is 2.04 bits per heavy atom. The van der Waals surface area contributed by atoms with E-state index in [4.69, 9.17) is 0 Å². The van der Waals surface area contributed by atoms with Crippen LogP contribution in [0.4, 0.5) is 13.2 Å². The zero-order valence-corrected chi connectivity index (χ0v) is 13.9. The first-order valence-corrected chi connectivity index (χ1v) is 8.19. The smallest absolute Gasteiger partial charge is 0.352 e. The minimum Gasteiger partial charge on any atom is -0.352 e. The highest BCUT2D eigenvalue weighted by Gasteiger charge is 2.42. The second kappa shape index (κ2) is 7.40. The molecule has 0 aromatic carbocycles. The SMILES string of the molecule is Cc1cc(C)c(CNC(=O)C[C@@H]2CCC[C@@H](C(F)(F)F)C2)c(=O)[nH]1. The molecule has 1 amide bonds. The number of hydrogen-bond donors (Lipinski definition) is 2. The Hall–Kier alpha value is -1.79. The Balaban J connectivity index is 1.89. The van der Waals surface area contributed by atoms with E-state index >= 15 is 0 Å². The summed E-state index contributed by atoms with van der Waals surface area (Å²) in [5.74, 6) is -1.85. The van der Waals surface area contributed by atoms with Crippen molar-refractivity contribution in [3.05, 3.63) is 33.2 Å². The van der Waals surface area contributed by atoms with Gasteiger partial charge in [-0.15, -0.1) is 0 Å². The number of pyridine rings is 1. The first-order valence-electron chi connectivity index (χ1n) is 8.19. The van der Waals surface area contributed by atoms with Crippen molar-refractivity contribution < 1.29 is 18.0 Å². The minimum absolute atomic E-state index is 0.0149. The van der Waals surface area contributed by atoms with Crippen LogP contribution >= 0.6 is 0 Å². The molecule has 1 fully saturated rings. The van der Waals surface area contributed by atoms with Crippen molar-refractivity contribution in [1.29, 1.82) is 0 Å². The molecule has 1 heterocycles. The normalized spacial score (nSPS) is 21.5. The second-order valence-electron chi connectivity index (χ2n) is 6.70. The van der Waals surface area contributed by atoms with Crippen LogP contribution in [0.1, 0.15) is 48.9 Å². The molecule has 1 aliphatic carbocycles. The Morgan fingerprint density at radius 1 is 1.33 bits per heavy atom. The van der Waals surface area contributed by atoms with Gasteiger partial charge in [-0.25, -0.2) is 0 Å². The molecule has 2 atom stereocenters. The van der Waals surface area contributed by atoms with Crippen molar-refractivity contribution in [2.45, 2.75) is 58.7 Å². The molecule has 134 valence electrons. The predicted octanol–water partition coefficient (Wildman–Crippen LogP) is 3.37. The molecule has 0 radical (unpaired) electrons. The summed E-state index contributed by atoms with van der Waals surface area (Å²) in [5, 5.41) is 2.66. The van der Waals surface area contributed by atoms with Gasteiger partial charge in [0.05, 0.1) is 5.92 Å². The van der Waals surface area contributed by atoms with E-state index in [0.29, 0.717) is 18.4 Å². The number of aromatic amines is 1. The third-order valence-electron chi connectivity index (χ3n) is 4.68. The number of H-pyrrole nitrogens is 1. The Kier molecular flexibility index (Phi) is 5.72. The topological polar surface area (TPSA) is 62.0 Å². The lowest BCUT2D eigenvalue weighted by Gasteiger charge is -2.30. The summed E-state index contributed by atoms with van der Waals surface area (Å²) in [6, 6.07) is 1.82. The standard InChI is InChI=1S/C17H23F3N2O2/c1-10-6-11(2)22-16(24)14(10)9-21-15(23)8-12-4-3-5-13(7-12)17(18,19)20/h6,12-13H,3-5,7-9H2,1-2H3,(H,21,23)(H,22,24)/t12-,13-/m1/s1. The molecule has 2 N–H and O–H groups in total. The fraction of sp³-hybridized carbons (Fsp3) is 0.647. The maximum Gasteiger partial charge on any atom is 0.391 e. The molecule has 1 aromatic heterocycles. The van der Waals surface area contributed by atoms with Crippen LogP contribution in [0.2, 0.25) is 0 Å². The van der Waals surface area contributed by atoms with Crippen LogP contribution in [-0.2, 0) is 11.3 Å². The highest BCUT2D eigenvalue weighted by Crippen LogP contribution is 2.40. The lowest BCUT2D eigenvalue weighted by Crippen LogP contribution is -2.33. The number of halogens is 3. The number of hydrogen-bond acceptors (Lipinski definition) is 2. The maximum absolute atomic E-state index is 12.8. The first-order chi connectivity index (χ1) is 11.2. The van der Waals surface area contributed by atoms with Gasteiger partial charge in [0.2, 0.25) is 5.91 Å². The molecule has 7 heteroatoms. The van der Waals surface area contributed by atoms with E-state index < -0.39 is 12.1 Å². The van der Waals surface area contributed by atoms with Gasteiger partial charge in [0.1, 0.15) is 0 Å². The average Bonchev–Trinajstić information content (AvgIpc) is 2.45. The summed E-state index contributed by atoms with van der Waals surface area (Å²) in [5.41, 5.74) is 1.76. The monoisotopic (exact) mass is 344 g/mol. The van der Waals surface area contributed by atoms with E-state index in [2.05, 4.69) is 10.3 Å². The van der Waals surface area contributed by atoms with Crippen molar-refractivity contribution in [2.75, 3.05) is 0 Å². The number of aryl methyl sites for hydroxylation is 2. The lowest BCUT2D eigenvalue weighted by molar-refractivity contribution is -0.186. The molecule has 2 rings (SSSR count). The number of aromatic nitrogens is 1. The number of carbonyl (C=O) groups excluding carboxylic acids is 1. The summed E-state index contributed by atoms with van der Waals surface area (Å²) < 4.78 is 38.4. The number of carbonyl (C=O) groups is 1. The highest BCUT2D eigenvalue weighted by atomic mass is 19.4. The van der Waals surface area contributed by atoms with E-state index in [9.17, 15) is 22.8 Å². The van der Waals surface area contributed by atoms with E-state index in [1.165, 1.54) is 0 Å². The average molecular weight is 344 g/mol. The van der Waals surface area contributed by atoms with Crippen molar-refractivity contribution in [3.8, 4) is 0 Å². The molecule has 4 nitrogen and oxygen atoms in total. The van der Waals surface area contributed by atoms with Crippen LogP contribution in [0.25, 0.3) is 0 Å². The summed E-state index contributed by atoms with van der Waals surface area (Å²) in [6.07, 6.45) is -2.79. The number of nitrogens with one attached hydrogen (secondary N) is 2. The van der Waals surface area contributed by atoms with Crippen LogP contribution in [0.15, 0.2) is 10.9 Å². The van der Waals surface area contributed by atoms with E-state index in [1.807, 2.05) is 6.07 Å². The van der Waals surface area contributed by atoms with Gasteiger partial charge in [0, 0.05) is 24.2 Å². The Labute approximate surface area is 138 Å². The number of amides is 1. The van der Waals surface area contributed by atoms with Crippen molar-refractivity contribution in [2.24, 2.45) is 11.8 Å². The Morgan fingerprint density at radius 3 is 2.67 bits per heavy atom.